The Kier molecular flexibility index (Phi) is 4.54. The Labute approximate surface area is 129 Å². The van der Waals surface area contributed by atoms with Crippen LogP contribution >= 0.6 is 0 Å². The highest BCUT2D eigenvalue weighted by molar-refractivity contribution is 5.13. The second kappa shape index (κ2) is 6.24. The van der Waals surface area contributed by atoms with Crippen LogP contribution < -0.4 is 5.32 Å². The van der Waals surface area contributed by atoms with Gasteiger partial charge in [0.1, 0.15) is 5.54 Å². The molecule has 0 bridgehead atoms. The van der Waals surface area contributed by atoms with E-state index < -0.39 is 0 Å². The molecule has 0 radical (unpaired) electrons. The maximum Gasteiger partial charge on any atom is 0.109 e. The van der Waals surface area contributed by atoms with Crippen molar-refractivity contribution in [2.45, 2.75) is 63.1 Å². The lowest BCUT2D eigenvalue weighted by atomic mass is 9.85. The summed E-state index contributed by atoms with van der Waals surface area (Å²) in [6.07, 6.45) is 7.37. The van der Waals surface area contributed by atoms with Crippen molar-refractivity contribution in [2.75, 3.05) is 33.2 Å². The van der Waals surface area contributed by atoms with Crippen molar-refractivity contribution in [3.8, 4) is 6.07 Å². The van der Waals surface area contributed by atoms with Crippen LogP contribution in [0.1, 0.15) is 45.4 Å². The average molecular weight is 290 g/mol. The Hall–Kier alpha value is -0.630. The second-order valence-corrected chi connectivity index (χ2v) is 7.35. The molecular weight excluding hydrogens is 260 g/mol. The molecule has 3 aliphatic rings. The van der Waals surface area contributed by atoms with Gasteiger partial charge in [-0.05, 0) is 65.1 Å². The second-order valence-electron chi connectivity index (χ2n) is 7.35. The number of rotatable bonds is 4. The lowest BCUT2D eigenvalue weighted by molar-refractivity contribution is 0.0536. The highest BCUT2D eigenvalue weighted by Gasteiger charge is 2.42. The zero-order valence-corrected chi connectivity index (χ0v) is 13.6. The first-order valence-corrected chi connectivity index (χ1v) is 8.77. The minimum Gasteiger partial charge on any atom is -0.302 e. The van der Waals surface area contributed by atoms with Crippen LogP contribution in [0.25, 0.3) is 0 Å². The van der Waals surface area contributed by atoms with Gasteiger partial charge in [0, 0.05) is 25.2 Å². The van der Waals surface area contributed by atoms with Gasteiger partial charge in [-0.3, -0.25) is 9.80 Å². The number of nitrogens with zero attached hydrogens (tertiary/aromatic N) is 3. The van der Waals surface area contributed by atoms with E-state index in [0.717, 1.165) is 12.5 Å². The molecule has 0 aromatic heterocycles. The third-order valence-corrected chi connectivity index (χ3v) is 6.30. The maximum absolute atomic E-state index is 9.57. The minimum absolute atomic E-state index is 0.252. The predicted molar refractivity (Wildman–Crippen MR) is 85.0 cm³/mol. The van der Waals surface area contributed by atoms with Crippen molar-refractivity contribution in [1.82, 2.24) is 15.1 Å². The molecule has 2 aliphatic heterocycles. The van der Waals surface area contributed by atoms with Gasteiger partial charge >= 0.3 is 0 Å². The summed E-state index contributed by atoms with van der Waals surface area (Å²) in [7, 11) is 1.96. The van der Waals surface area contributed by atoms with E-state index in [0.29, 0.717) is 12.0 Å². The molecule has 4 atom stereocenters. The van der Waals surface area contributed by atoms with Crippen molar-refractivity contribution in [3.63, 3.8) is 0 Å². The summed E-state index contributed by atoms with van der Waals surface area (Å²) in [6, 6.07) is 4.05. The lowest BCUT2D eigenvalue weighted by Crippen LogP contribution is -2.55. The molecule has 21 heavy (non-hydrogen) atoms. The predicted octanol–water partition coefficient (Wildman–Crippen LogP) is 1.83. The molecule has 3 fully saturated rings. The summed E-state index contributed by atoms with van der Waals surface area (Å²) in [4.78, 5) is 5.37. The molecule has 3 rings (SSSR count). The molecule has 0 aromatic carbocycles. The molecular formula is C17H30N4. The number of nitriles is 1. The zero-order valence-electron chi connectivity index (χ0n) is 13.6. The van der Waals surface area contributed by atoms with E-state index in [1.807, 2.05) is 7.05 Å². The normalized spacial score (nSPS) is 41.1. The molecule has 4 nitrogen and oxygen atoms in total. The third kappa shape index (κ3) is 2.84. The van der Waals surface area contributed by atoms with Gasteiger partial charge in [0.2, 0.25) is 0 Å². The number of hydrogen-bond acceptors (Lipinski definition) is 4. The summed E-state index contributed by atoms with van der Waals surface area (Å²) in [6.45, 7) is 7.33. The highest BCUT2D eigenvalue weighted by atomic mass is 15.3. The van der Waals surface area contributed by atoms with Gasteiger partial charge in [-0.25, -0.2) is 0 Å². The first-order chi connectivity index (χ1) is 10.2. The third-order valence-electron chi connectivity index (χ3n) is 6.30. The van der Waals surface area contributed by atoms with Gasteiger partial charge in [-0.1, -0.05) is 6.42 Å². The first-order valence-electron chi connectivity index (χ1n) is 8.77. The monoisotopic (exact) mass is 290 g/mol. The van der Waals surface area contributed by atoms with Crippen LogP contribution in [0.15, 0.2) is 0 Å². The Bertz CT molecular complexity index is 404. The van der Waals surface area contributed by atoms with Crippen molar-refractivity contribution in [3.05, 3.63) is 0 Å². The Morgan fingerprint density at radius 1 is 1.29 bits per heavy atom. The molecule has 0 amide bonds. The Morgan fingerprint density at radius 3 is 2.90 bits per heavy atom. The van der Waals surface area contributed by atoms with Gasteiger partial charge in [0.15, 0.2) is 0 Å². The average Bonchev–Trinajstić information content (AvgIpc) is 3.10. The molecule has 0 spiro atoms. The van der Waals surface area contributed by atoms with E-state index in [2.05, 4.69) is 28.1 Å². The number of fused-ring (bicyclic) bond motifs is 1. The van der Waals surface area contributed by atoms with E-state index in [1.54, 1.807) is 0 Å². The van der Waals surface area contributed by atoms with Gasteiger partial charge in [0.05, 0.1) is 6.07 Å². The molecule has 1 saturated carbocycles. The smallest absolute Gasteiger partial charge is 0.109 e. The largest absolute Gasteiger partial charge is 0.302 e. The summed E-state index contributed by atoms with van der Waals surface area (Å²) in [5, 5.41) is 12.9. The van der Waals surface area contributed by atoms with Crippen molar-refractivity contribution >= 4 is 0 Å². The standard InChI is InChI=1S/C17H30N4/c1-14-11-21-9-4-6-16(21)12-20(14)10-7-15-5-3-8-17(15,13-18)19-2/h14-16,19H,3-12H2,1-2H3. The zero-order chi connectivity index (χ0) is 14.9. The molecule has 0 aromatic rings. The van der Waals surface area contributed by atoms with Crippen molar-refractivity contribution in [2.24, 2.45) is 5.92 Å². The van der Waals surface area contributed by atoms with Gasteiger partial charge < -0.3 is 5.32 Å². The Balaban J connectivity index is 1.56. The molecule has 2 heterocycles. The van der Waals surface area contributed by atoms with Crippen molar-refractivity contribution in [1.29, 1.82) is 5.26 Å². The van der Waals surface area contributed by atoms with Crippen LogP contribution in [0, 0.1) is 17.2 Å². The van der Waals surface area contributed by atoms with E-state index in [4.69, 9.17) is 0 Å². The van der Waals surface area contributed by atoms with Crippen LogP contribution in [0.4, 0.5) is 0 Å². The van der Waals surface area contributed by atoms with E-state index in [9.17, 15) is 5.26 Å². The van der Waals surface area contributed by atoms with Gasteiger partial charge in [-0.2, -0.15) is 5.26 Å². The topological polar surface area (TPSA) is 42.3 Å². The van der Waals surface area contributed by atoms with Crippen LogP contribution in [-0.4, -0.2) is 60.6 Å². The fraction of sp³-hybridized carbons (Fsp3) is 0.941. The first kappa shape index (κ1) is 15.3. The minimum atomic E-state index is -0.252. The fourth-order valence-electron chi connectivity index (χ4n) is 4.88. The highest BCUT2D eigenvalue weighted by Crippen LogP contribution is 2.37. The maximum atomic E-state index is 9.57. The molecule has 4 heteroatoms. The summed E-state index contributed by atoms with van der Waals surface area (Å²) >= 11 is 0. The fourth-order valence-corrected chi connectivity index (χ4v) is 4.88. The molecule has 118 valence electrons. The van der Waals surface area contributed by atoms with Crippen LogP contribution in [0.2, 0.25) is 0 Å². The van der Waals surface area contributed by atoms with Crippen LogP contribution in [-0.2, 0) is 0 Å². The lowest BCUT2D eigenvalue weighted by Gasteiger charge is -2.43. The number of nitrogens with one attached hydrogen (secondary N) is 1. The van der Waals surface area contributed by atoms with Gasteiger partial charge in [-0.15, -0.1) is 0 Å². The summed E-state index contributed by atoms with van der Waals surface area (Å²) in [5.74, 6) is 0.529. The van der Waals surface area contributed by atoms with E-state index in [1.165, 1.54) is 58.3 Å². The van der Waals surface area contributed by atoms with E-state index >= 15 is 0 Å². The van der Waals surface area contributed by atoms with Crippen LogP contribution in [0.5, 0.6) is 0 Å². The van der Waals surface area contributed by atoms with Crippen molar-refractivity contribution < 1.29 is 0 Å². The molecule has 2 saturated heterocycles. The van der Waals surface area contributed by atoms with E-state index in [-0.39, 0.29) is 5.54 Å². The molecule has 1 N–H and O–H groups in total. The molecule has 4 unspecified atom stereocenters. The molecule has 1 aliphatic carbocycles. The quantitative estimate of drug-likeness (QED) is 0.858. The van der Waals surface area contributed by atoms with Crippen LogP contribution in [0.3, 0.4) is 0 Å². The number of piperazine rings is 1. The summed E-state index contributed by atoms with van der Waals surface area (Å²) in [5.41, 5.74) is -0.252. The number of hydrogen-bond donors (Lipinski definition) is 1. The SMILES string of the molecule is CNC1(C#N)CCCC1CCN1CC2CCCN2CC1C. The van der Waals surface area contributed by atoms with Gasteiger partial charge in [0.25, 0.3) is 0 Å². The summed E-state index contributed by atoms with van der Waals surface area (Å²) < 4.78 is 0. The Morgan fingerprint density at radius 2 is 2.14 bits per heavy atom.